The molecular weight excluding hydrogens is 240 g/mol. The van der Waals surface area contributed by atoms with Crippen molar-refractivity contribution in [3.8, 4) is 0 Å². The molecule has 1 heterocycles. The number of nitrogen functional groups attached to an aromatic ring is 1. The molecule has 0 saturated heterocycles. The molecule has 0 aliphatic carbocycles. The topological polar surface area (TPSA) is 80.9 Å². The van der Waals surface area contributed by atoms with Crippen molar-refractivity contribution >= 4 is 11.6 Å². The standard InChI is InChI=1S/C14H16N4O/c1-9-5-11(15)3-4-13(9)14(19)18-8-12-7-16-10(2)6-17-12/h3-7H,8,15H2,1-2H3,(H,18,19). The molecular formula is C14H16N4O. The minimum absolute atomic E-state index is 0.139. The molecule has 0 radical (unpaired) electrons. The van der Waals surface area contributed by atoms with E-state index in [1.54, 1.807) is 30.6 Å². The van der Waals surface area contributed by atoms with Crippen molar-refractivity contribution in [2.45, 2.75) is 20.4 Å². The summed E-state index contributed by atoms with van der Waals surface area (Å²) in [7, 11) is 0. The van der Waals surface area contributed by atoms with E-state index in [9.17, 15) is 4.79 Å². The Hall–Kier alpha value is -2.43. The van der Waals surface area contributed by atoms with Crippen LogP contribution in [-0.4, -0.2) is 15.9 Å². The molecule has 0 unspecified atom stereocenters. The summed E-state index contributed by atoms with van der Waals surface area (Å²) < 4.78 is 0. The lowest BCUT2D eigenvalue weighted by molar-refractivity contribution is 0.0950. The Balaban J connectivity index is 2.03. The summed E-state index contributed by atoms with van der Waals surface area (Å²) in [6.07, 6.45) is 3.33. The van der Waals surface area contributed by atoms with Crippen LogP contribution in [0.4, 0.5) is 5.69 Å². The quantitative estimate of drug-likeness (QED) is 0.817. The first-order valence-corrected chi connectivity index (χ1v) is 5.98. The van der Waals surface area contributed by atoms with Gasteiger partial charge in [0.1, 0.15) is 0 Å². The van der Waals surface area contributed by atoms with Gasteiger partial charge in [-0.05, 0) is 37.6 Å². The largest absolute Gasteiger partial charge is 0.399 e. The van der Waals surface area contributed by atoms with Crippen LogP contribution < -0.4 is 11.1 Å². The molecule has 0 aliphatic rings. The first kappa shape index (κ1) is 13.0. The molecule has 1 aromatic heterocycles. The minimum Gasteiger partial charge on any atom is -0.399 e. The number of carbonyl (C=O) groups excluding carboxylic acids is 1. The van der Waals surface area contributed by atoms with Crippen molar-refractivity contribution in [1.82, 2.24) is 15.3 Å². The van der Waals surface area contributed by atoms with E-state index >= 15 is 0 Å². The Kier molecular flexibility index (Phi) is 3.75. The minimum atomic E-state index is -0.139. The van der Waals surface area contributed by atoms with Crippen molar-refractivity contribution < 1.29 is 4.79 Å². The predicted octanol–water partition coefficient (Wildman–Crippen LogP) is 1.61. The highest BCUT2D eigenvalue weighted by atomic mass is 16.1. The summed E-state index contributed by atoms with van der Waals surface area (Å²) in [5.74, 6) is -0.139. The second-order valence-corrected chi connectivity index (χ2v) is 4.41. The number of hydrogen-bond donors (Lipinski definition) is 2. The third-order valence-electron chi connectivity index (χ3n) is 2.76. The van der Waals surface area contributed by atoms with Gasteiger partial charge in [0.2, 0.25) is 0 Å². The SMILES string of the molecule is Cc1cnc(CNC(=O)c2ccc(N)cc2C)cn1. The fourth-order valence-electron chi connectivity index (χ4n) is 1.72. The van der Waals surface area contributed by atoms with E-state index in [0.29, 0.717) is 17.8 Å². The van der Waals surface area contributed by atoms with E-state index in [1.165, 1.54) is 0 Å². The average molecular weight is 256 g/mol. The van der Waals surface area contributed by atoms with E-state index < -0.39 is 0 Å². The van der Waals surface area contributed by atoms with Crippen molar-refractivity contribution in [2.75, 3.05) is 5.73 Å². The summed E-state index contributed by atoms with van der Waals surface area (Å²) in [6.45, 7) is 4.08. The maximum absolute atomic E-state index is 12.0. The van der Waals surface area contributed by atoms with Gasteiger partial charge < -0.3 is 11.1 Å². The van der Waals surface area contributed by atoms with Crippen LogP contribution in [0.25, 0.3) is 0 Å². The van der Waals surface area contributed by atoms with Crippen molar-refractivity contribution in [3.63, 3.8) is 0 Å². The van der Waals surface area contributed by atoms with E-state index in [0.717, 1.165) is 17.0 Å². The first-order valence-electron chi connectivity index (χ1n) is 5.98. The van der Waals surface area contributed by atoms with Gasteiger partial charge in [-0.3, -0.25) is 14.8 Å². The number of nitrogens with zero attached hydrogens (tertiary/aromatic N) is 2. The number of nitrogens with one attached hydrogen (secondary N) is 1. The van der Waals surface area contributed by atoms with Crippen LogP contribution in [-0.2, 0) is 6.54 Å². The Labute approximate surface area is 111 Å². The number of amides is 1. The zero-order chi connectivity index (χ0) is 13.8. The molecule has 0 spiro atoms. The smallest absolute Gasteiger partial charge is 0.251 e. The summed E-state index contributed by atoms with van der Waals surface area (Å²) in [6, 6.07) is 5.22. The lowest BCUT2D eigenvalue weighted by atomic mass is 10.1. The fraction of sp³-hybridized carbons (Fsp3) is 0.214. The second kappa shape index (κ2) is 5.48. The lowest BCUT2D eigenvalue weighted by Gasteiger charge is -2.08. The summed E-state index contributed by atoms with van der Waals surface area (Å²) >= 11 is 0. The van der Waals surface area contributed by atoms with E-state index in [2.05, 4.69) is 15.3 Å². The summed E-state index contributed by atoms with van der Waals surface area (Å²) in [4.78, 5) is 20.3. The normalized spacial score (nSPS) is 10.2. The lowest BCUT2D eigenvalue weighted by Crippen LogP contribution is -2.24. The molecule has 3 N–H and O–H groups in total. The van der Waals surface area contributed by atoms with Crippen LogP contribution in [0.5, 0.6) is 0 Å². The molecule has 0 fully saturated rings. The van der Waals surface area contributed by atoms with Gasteiger partial charge in [-0.1, -0.05) is 0 Å². The van der Waals surface area contributed by atoms with Gasteiger partial charge in [-0.25, -0.2) is 0 Å². The second-order valence-electron chi connectivity index (χ2n) is 4.41. The number of anilines is 1. The third-order valence-corrected chi connectivity index (χ3v) is 2.76. The molecule has 5 nitrogen and oxygen atoms in total. The summed E-state index contributed by atoms with van der Waals surface area (Å²) in [5.41, 5.74) is 9.36. The number of hydrogen-bond acceptors (Lipinski definition) is 4. The molecule has 19 heavy (non-hydrogen) atoms. The van der Waals surface area contributed by atoms with Gasteiger partial charge in [-0.2, -0.15) is 0 Å². The zero-order valence-corrected chi connectivity index (χ0v) is 11.0. The van der Waals surface area contributed by atoms with E-state index in [-0.39, 0.29) is 5.91 Å². The van der Waals surface area contributed by atoms with Crippen LogP contribution in [0.15, 0.2) is 30.6 Å². The van der Waals surface area contributed by atoms with Crippen LogP contribution in [0.2, 0.25) is 0 Å². The number of benzene rings is 1. The zero-order valence-electron chi connectivity index (χ0n) is 11.0. The van der Waals surface area contributed by atoms with Crippen LogP contribution in [0.3, 0.4) is 0 Å². The van der Waals surface area contributed by atoms with Gasteiger partial charge in [0, 0.05) is 17.4 Å². The molecule has 0 aliphatic heterocycles. The molecule has 0 bridgehead atoms. The Morgan fingerprint density at radius 2 is 2.05 bits per heavy atom. The van der Waals surface area contributed by atoms with E-state index in [1.807, 2.05) is 13.8 Å². The van der Waals surface area contributed by atoms with Crippen molar-refractivity contribution in [2.24, 2.45) is 0 Å². The van der Waals surface area contributed by atoms with Crippen LogP contribution in [0.1, 0.15) is 27.3 Å². The molecule has 5 heteroatoms. The van der Waals surface area contributed by atoms with Gasteiger partial charge >= 0.3 is 0 Å². The van der Waals surface area contributed by atoms with Crippen LogP contribution in [0, 0.1) is 13.8 Å². The number of rotatable bonds is 3. The Morgan fingerprint density at radius 3 is 2.68 bits per heavy atom. The fourth-order valence-corrected chi connectivity index (χ4v) is 1.72. The molecule has 0 atom stereocenters. The summed E-state index contributed by atoms with van der Waals surface area (Å²) in [5, 5.41) is 2.81. The maximum Gasteiger partial charge on any atom is 0.251 e. The van der Waals surface area contributed by atoms with Gasteiger partial charge in [0.05, 0.1) is 24.1 Å². The molecule has 2 rings (SSSR count). The number of nitrogens with two attached hydrogens (primary N) is 1. The van der Waals surface area contributed by atoms with Crippen LogP contribution >= 0.6 is 0 Å². The number of aryl methyl sites for hydroxylation is 2. The number of aromatic nitrogens is 2. The molecule has 0 saturated carbocycles. The Morgan fingerprint density at radius 1 is 1.26 bits per heavy atom. The highest BCUT2D eigenvalue weighted by Crippen LogP contribution is 2.12. The predicted molar refractivity (Wildman–Crippen MR) is 73.5 cm³/mol. The number of carbonyl (C=O) groups is 1. The highest BCUT2D eigenvalue weighted by molar-refractivity contribution is 5.95. The average Bonchev–Trinajstić information content (AvgIpc) is 2.37. The maximum atomic E-state index is 12.0. The highest BCUT2D eigenvalue weighted by Gasteiger charge is 2.08. The van der Waals surface area contributed by atoms with Gasteiger partial charge in [0.15, 0.2) is 0 Å². The van der Waals surface area contributed by atoms with Gasteiger partial charge in [0.25, 0.3) is 5.91 Å². The van der Waals surface area contributed by atoms with E-state index in [4.69, 9.17) is 5.73 Å². The van der Waals surface area contributed by atoms with Gasteiger partial charge in [-0.15, -0.1) is 0 Å². The van der Waals surface area contributed by atoms with Crippen molar-refractivity contribution in [1.29, 1.82) is 0 Å². The monoisotopic (exact) mass is 256 g/mol. The molecule has 2 aromatic rings. The third kappa shape index (κ3) is 3.28. The molecule has 98 valence electrons. The molecule has 1 amide bonds. The Bertz CT molecular complexity index is 593. The first-order chi connectivity index (χ1) is 9.06. The van der Waals surface area contributed by atoms with Crippen molar-refractivity contribution in [3.05, 3.63) is 53.1 Å². The molecule has 1 aromatic carbocycles.